The van der Waals surface area contributed by atoms with Crippen molar-refractivity contribution < 1.29 is 14.3 Å². The van der Waals surface area contributed by atoms with Crippen LogP contribution in [0, 0.1) is 0 Å². The molecule has 1 aliphatic heterocycles. The molecule has 2 aromatic carbocycles. The monoisotopic (exact) mass is 382 g/mol. The predicted molar refractivity (Wildman–Crippen MR) is 110 cm³/mol. The molecule has 0 unspecified atom stereocenters. The second kappa shape index (κ2) is 10.2. The smallest absolute Gasteiger partial charge is 0.258 e. The Morgan fingerprint density at radius 3 is 2.64 bits per heavy atom. The minimum Gasteiger partial charge on any atom is -0.483 e. The lowest BCUT2D eigenvalue weighted by Crippen LogP contribution is -2.35. The van der Waals surface area contributed by atoms with Gasteiger partial charge in [-0.3, -0.25) is 9.69 Å². The van der Waals surface area contributed by atoms with E-state index >= 15 is 0 Å². The van der Waals surface area contributed by atoms with E-state index in [4.69, 9.17) is 9.47 Å². The lowest BCUT2D eigenvalue weighted by molar-refractivity contribution is -0.123. The average molecular weight is 383 g/mol. The first kappa shape index (κ1) is 20.4. The number of morpholine rings is 1. The standard InChI is InChI=1S/C23H30N2O3/c1-18(2)21-8-3-4-9-22(21)28-17-23(26)24-15-19-6-5-7-20(14-19)16-25-10-12-27-13-11-25/h3-9,14,18H,10-13,15-17H2,1-2H3,(H,24,26). The summed E-state index contributed by atoms with van der Waals surface area (Å²) in [6, 6.07) is 16.3. The van der Waals surface area contributed by atoms with E-state index < -0.39 is 0 Å². The van der Waals surface area contributed by atoms with E-state index in [1.807, 2.05) is 36.4 Å². The fraction of sp³-hybridized carbons (Fsp3) is 0.435. The third-order valence-corrected chi connectivity index (χ3v) is 4.89. The highest BCUT2D eigenvalue weighted by molar-refractivity contribution is 5.77. The van der Waals surface area contributed by atoms with Crippen molar-refractivity contribution in [3.63, 3.8) is 0 Å². The van der Waals surface area contributed by atoms with E-state index in [0.29, 0.717) is 12.5 Å². The summed E-state index contributed by atoms with van der Waals surface area (Å²) in [4.78, 5) is 14.6. The molecule has 1 N–H and O–H groups in total. The van der Waals surface area contributed by atoms with Gasteiger partial charge in [0.2, 0.25) is 0 Å². The van der Waals surface area contributed by atoms with Crippen molar-refractivity contribution in [1.29, 1.82) is 0 Å². The molecule has 0 spiro atoms. The molecule has 0 bridgehead atoms. The molecule has 0 atom stereocenters. The largest absolute Gasteiger partial charge is 0.483 e. The summed E-state index contributed by atoms with van der Waals surface area (Å²) in [6.45, 7) is 9.22. The van der Waals surface area contributed by atoms with Crippen molar-refractivity contribution in [2.45, 2.75) is 32.9 Å². The fourth-order valence-corrected chi connectivity index (χ4v) is 3.34. The molecule has 1 fully saturated rings. The number of nitrogens with one attached hydrogen (secondary N) is 1. The molecule has 3 rings (SSSR count). The first-order valence-electron chi connectivity index (χ1n) is 9.98. The normalized spacial score (nSPS) is 14.8. The van der Waals surface area contributed by atoms with Gasteiger partial charge in [-0.25, -0.2) is 0 Å². The maximum absolute atomic E-state index is 12.2. The molecule has 5 nitrogen and oxygen atoms in total. The second-order valence-electron chi connectivity index (χ2n) is 7.47. The average Bonchev–Trinajstić information content (AvgIpc) is 2.72. The second-order valence-corrected chi connectivity index (χ2v) is 7.47. The van der Waals surface area contributed by atoms with Crippen molar-refractivity contribution in [1.82, 2.24) is 10.2 Å². The molecule has 2 aromatic rings. The van der Waals surface area contributed by atoms with Gasteiger partial charge in [-0.2, -0.15) is 0 Å². The number of nitrogens with zero attached hydrogens (tertiary/aromatic N) is 1. The van der Waals surface area contributed by atoms with E-state index in [1.165, 1.54) is 5.56 Å². The Kier molecular flexibility index (Phi) is 7.46. The molecular formula is C23H30N2O3. The zero-order valence-electron chi connectivity index (χ0n) is 16.8. The summed E-state index contributed by atoms with van der Waals surface area (Å²) in [7, 11) is 0. The summed E-state index contributed by atoms with van der Waals surface area (Å²) < 4.78 is 11.1. The van der Waals surface area contributed by atoms with Crippen molar-refractivity contribution in [3.8, 4) is 5.75 Å². The van der Waals surface area contributed by atoms with Gasteiger partial charge in [-0.1, -0.05) is 56.3 Å². The zero-order chi connectivity index (χ0) is 19.8. The first-order valence-corrected chi connectivity index (χ1v) is 9.98. The maximum atomic E-state index is 12.2. The maximum Gasteiger partial charge on any atom is 0.258 e. The highest BCUT2D eigenvalue weighted by Crippen LogP contribution is 2.25. The van der Waals surface area contributed by atoms with Crippen LogP contribution >= 0.6 is 0 Å². The van der Waals surface area contributed by atoms with E-state index in [2.05, 4.69) is 36.2 Å². The first-order chi connectivity index (χ1) is 13.6. The van der Waals surface area contributed by atoms with Crippen LogP contribution in [0.25, 0.3) is 0 Å². The van der Waals surface area contributed by atoms with Crippen LogP contribution in [-0.2, 0) is 22.6 Å². The van der Waals surface area contributed by atoms with Gasteiger partial charge in [-0.15, -0.1) is 0 Å². The van der Waals surface area contributed by atoms with E-state index in [0.717, 1.165) is 49.7 Å². The number of para-hydroxylation sites is 1. The van der Waals surface area contributed by atoms with Crippen LogP contribution in [-0.4, -0.2) is 43.7 Å². The van der Waals surface area contributed by atoms with E-state index in [9.17, 15) is 4.79 Å². The van der Waals surface area contributed by atoms with E-state index in [1.54, 1.807) is 0 Å². The Labute approximate surface area is 167 Å². The molecule has 0 aromatic heterocycles. The Hall–Kier alpha value is -2.37. The molecule has 0 radical (unpaired) electrons. The third-order valence-electron chi connectivity index (χ3n) is 4.89. The molecular weight excluding hydrogens is 352 g/mol. The Balaban J connectivity index is 1.47. The Morgan fingerprint density at radius 2 is 1.86 bits per heavy atom. The molecule has 28 heavy (non-hydrogen) atoms. The van der Waals surface area contributed by atoms with Crippen LogP contribution in [0.3, 0.4) is 0 Å². The number of benzene rings is 2. The number of hydrogen-bond donors (Lipinski definition) is 1. The molecule has 1 aliphatic rings. The molecule has 1 amide bonds. The highest BCUT2D eigenvalue weighted by Gasteiger charge is 2.11. The van der Waals surface area contributed by atoms with E-state index in [-0.39, 0.29) is 12.5 Å². The number of amides is 1. The van der Waals surface area contributed by atoms with Crippen molar-refractivity contribution in [3.05, 3.63) is 65.2 Å². The van der Waals surface area contributed by atoms with Crippen LogP contribution in [0.1, 0.15) is 36.5 Å². The molecule has 150 valence electrons. The quantitative estimate of drug-likeness (QED) is 0.761. The highest BCUT2D eigenvalue weighted by atomic mass is 16.5. The number of hydrogen-bond acceptors (Lipinski definition) is 4. The molecule has 5 heteroatoms. The van der Waals surface area contributed by atoms with Crippen LogP contribution in [0.15, 0.2) is 48.5 Å². The van der Waals surface area contributed by atoms with Crippen molar-refractivity contribution in [2.75, 3.05) is 32.9 Å². The van der Waals surface area contributed by atoms with Gasteiger partial charge < -0.3 is 14.8 Å². The minimum absolute atomic E-state index is 0.0250. The van der Waals surface area contributed by atoms with Crippen LogP contribution in [0.2, 0.25) is 0 Å². The van der Waals surface area contributed by atoms with Gasteiger partial charge in [0.05, 0.1) is 13.2 Å². The number of carbonyl (C=O) groups excluding carboxylic acids is 1. The zero-order valence-corrected chi connectivity index (χ0v) is 16.8. The molecule has 1 heterocycles. The summed E-state index contributed by atoms with van der Waals surface area (Å²) in [5.41, 5.74) is 3.48. The SMILES string of the molecule is CC(C)c1ccccc1OCC(=O)NCc1cccc(CN2CCOCC2)c1. The van der Waals surface area contributed by atoms with Crippen molar-refractivity contribution >= 4 is 5.91 Å². The predicted octanol–water partition coefficient (Wildman–Crippen LogP) is 3.34. The lowest BCUT2D eigenvalue weighted by Gasteiger charge is -2.26. The van der Waals surface area contributed by atoms with Gasteiger partial charge in [0.15, 0.2) is 6.61 Å². The summed E-state index contributed by atoms with van der Waals surface area (Å²) >= 11 is 0. The molecule has 1 saturated heterocycles. The van der Waals surface area contributed by atoms with Gasteiger partial charge in [-0.05, 0) is 28.7 Å². The Bertz CT molecular complexity index is 770. The van der Waals surface area contributed by atoms with Crippen molar-refractivity contribution in [2.24, 2.45) is 0 Å². The fourth-order valence-electron chi connectivity index (χ4n) is 3.34. The van der Waals surface area contributed by atoms with Crippen LogP contribution in [0.5, 0.6) is 5.75 Å². The number of ether oxygens (including phenoxy) is 2. The summed E-state index contributed by atoms with van der Waals surface area (Å²) in [5.74, 6) is 1.02. The third kappa shape index (κ3) is 6.08. The topological polar surface area (TPSA) is 50.8 Å². The van der Waals surface area contributed by atoms with Gasteiger partial charge in [0.25, 0.3) is 5.91 Å². The lowest BCUT2D eigenvalue weighted by atomic mass is 10.0. The Morgan fingerprint density at radius 1 is 1.11 bits per heavy atom. The van der Waals surface area contributed by atoms with Gasteiger partial charge >= 0.3 is 0 Å². The van der Waals surface area contributed by atoms with Gasteiger partial charge in [0, 0.05) is 26.2 Å². The number of rotatable bonds is 8. The molecule has 0 aliphatic carbocycles. The summed E-state index contributed by atoms with van der Waals surface area (Å²) in [5, 5.41) is 2.95. The van der Waals surface area contributed by atoms with Gasteiger partial charge in [0.1, 0.15) is 5.75 Å². The summed E-state index contributed by atoms with van der Waals surface area (Å²) in [6.07, 6.45) is 0. The minimum atomic E-state index is -0.114. The molecule has 0 saturated carbocycles. The van der Waals surface area contributed by atoms with Crippen LogP contribution in [0.4, 0.5) is 0 Å². The number of carbonyl (C=O) groups is 1. The van der Waals surface area contributed by atoms with Crippen LogP contribution < -0.4 is 10.1 Å².